The molecule has 5 rings (SSSR count). The van der Waals surface area contributed by atoms with Crippen LogP contribution in [-0.4, -0.2) is 64.7 Å². The average Bonchev–Trinajstić information content (AvgIpc) is 3.23. The van der Waals surface area contributed by atoms with Crippen molar-refractivity contribution in [2.24, 2.45) is 0 Å². The van der Waals surface area contributed by atoms with Gasteiger partial charge in [-0.2, -0.15) is 9.50 Å². The highest BCUT2D eigenvalue weighted by atomic mass is 32.1. The fourth-order valence-electron chi connectivity index (χ4n) is 4.19. The largest absolute Gasteiger partial charge is 0.366 e. The predicted molar refractivity (Wildman–Crippen MR) is 118 cm³/mol. The summed E-state index contributed by atoms with van der Waals surface area (Å²) >= 11 is 1.34. The number of anilines is 2. The Hall–Kier alpha value is -3.01. The first kappa shape index (κ1) is 19.9. The van der Waals surface area contributed by atoms with E-state index in [9.17, 15) is 14.0 Å². The van der Waals surface area contributed by atoms with Crippen molar-refractivity contribution < 1.29 is 9.18 Å². The van der Waals surface area contributed by atoms with Gasteiger partial charge in [0, 0.05) is 45.3 Å². The van der Waals surface area contributed by atoms with Gasteiger partial charge in [0.05, 0.1) is 5.69 Å². The van der Waals surface area contributed by atoms with E-state index in [1.807, 2.05) is 4.90 Å². The minimum atomic E-state index is -0.442. The lowest BCUT2D eigenvalue weighted by Crippen LogP contribution is -2.49. The summed E-state index contributed by atoms with van der Waals surface area (Å²) in [4.78, 5) is 35.7. The second-order valence-corrected chi connectivity index (χ2v) is 8.77. The first-order chi connectivity index (χ1) is 15.1. The van der Waals surface area contributed by atoms with Gasteiger partial charge < -0.3 is 14.7 Å². The number of benzene rings is 1. The SMILES string of the molecule is O=C(c1cc(=O)nc2sc(N3CCCCC3)nn12)N1CCN(c2ccccc2F)CC1. The van der Waals surface area contributed by atoms with Gasteiger partial charge >= 0.3 is 0 Å². The number of carbonyl (C=O) groups excluding carboxylic acids is 1. The monoisotopic (exact) mass is 442 g/mol. The molecule has 2 fully saturated rings. The lowest BCUT2D eigenvalue weighted by Gasteiger charge is -2.36. The molecule has 2 saturated heterocycles. The second kappa shape index (κ2) is 8.26. The third kappa shape index (κ3) is 3.87. The number of nitrogens with zero attached hydrogens (tertiary/aromatic N) is 6. The van der Waals surface area contributed by atoms with E-state index in [2.05, 4.69) is 15.0 Å². The van der Waals surface area contributed by atoms with E-state index in [0.29, 0.717) is 36.8 Å². The number of piperazine rings is 1. The number of hydrogen-bond acceptors (Lipinski definition) is 7. The van der Waals surface area contributed by atoms with Crippen molar-refractivity contribution >= 4 is 33.0 Å². The van der Waals surface area contributed by atoms with Crippen LogP contribution in [0.5, 0.6) is 0 Å². The molecule has 0 bridgehead atoms. The lowest BCUT2D eigenvalue weighted by atomic mass is 10.1. The van der Waals surface area contributed by atoms with Gasteiger partial charge in [-0.25, -0.2) is 4.39 Å². The zero-order valence-corrected chi connectivity index (χ0v) is 17.9. The van der Waals surface area contributed by atoms with Crippen molar-refractivity contribution in [3.05, 3.63) is 52.2 Å². The van der Waals surface area contributed by atoms with Crippen LogP contribution in [0.15, 0.2) is 35.1 Å². The Bertz CT molecular complexity index is 1160. The molecule has 2 aliphatic rings. The van der Waals surface area contributed by atoms with Gasteiger partial charge in [-0.05, 0) is 31.4 Å². The molecule has 3 aromatic rings. The Labute approximate surface area is 182 Å². The molecule has 2 aromatic heterocycles. The highest BCUT2D eigenvalue weighted by Gasteiger charge is 2.27. The predicted octanol–water partition coefficient (Wildman–Crippen LogP) is 2.24. The fraction of sp³-hybridized carbons (Fsp3) is 0.429. The van der Waals surface area contributed by atoms with E-state index in [1.165, 1.54) is 34.4 Å². The number of fused-ring (bicyclic) bond motifs is 1. The molecule has 31 heavy (non-hydrogen) atoms. The minimum absolute atomic E-state index is 0.230. The molecule has 0 aliphatic carbocycles. The molecule has 10 heteroatoms. The van der Waals surface area contributed by atoms with Gasteiger partial charge in [0.2, 0.25) is 10.1 Å². The molecule has 2 aliphatic heterocycles. The number of rotatable bonds is 3. The third-order valence-corrected chi connectivity index (χ3v) is 6.82. The Morgan fingerprint density at radius 1 is 0.968 bits per heavy atom. The highest BCUT2D eigenvalue weighted by molar-refractivity contribution is 7.20. The molecule has 0 unspecified atom stereocenters. The average molecular weight is 443 g/mol. The van der Waals surface area contributed by atoms with Crippen LogP contribution in [0.1, 0.15) is 29.8 Å². The zero-order chi connectivity index (χ0) is 21.4. The van der Waals surface area contributed by atoms with E-state index in [4.69, 9.17) is 0 Å². The normalized spacial score (nSPS) is 17.4. The quantitative estimate of drug-likeness (QED) is 0.620. The molecule has 1 aromatic carbocycles. The maximum Gasteiger partial charge on any atom is 0.274 e. The number of para-hydroxylation sites is 1. The molecular formula is C21H23FN6O2S. The molecular weight excluding hydrogens is 419 g/mol. The zero-order valence-electron chi connectivity index (χ0n) is 17.0. The van der Waals surface area contributed by atoms with Crippen LogP contribution < -0.4 is 15.4 Å². The van der Waals surface area contributed by atoms with Crippen LogP contribution in [0.3, 0.4) is 0 Å². The summed E-state index contributed by atoms with van der Waals surface area (Å²) in [7, 11) is 0. The lowest BCUT2D eigenvalue weighted by molar-refractivity contribution is 0.0737. The number of carbonyl (C=O) groups is 1. The fourth-order valence-corrected chi connectivity index (χ4v) is 5.15. The molecule has 0 atom stereocenters. The molecule has 8 nitrogen and oxygen atoms in total. The molecule has 0 spiro atoms. The molecule has 1 amide bonds. The van der Waals surface area contributed by atoms with Crippen molar-refractivity contribution in [2.45, 2.75) is 19.3 Å². The Morgan fingerprint density at radius 2 is 1.71 bits per heavy atom. The van der Waals surface area contributed by atoms with Gasteiger partial charge in [-0.15, -0.1) is 5.10 Å². The summed E-state index contributed by atoms with van der Waals surface area (Å²) in [6, 6.07) is 7.92. The van der Waals surface area contributed by atoms with Crippen molar-refractivity contribution in [2.75, 3.05) is 49.1 Å². The van der Waals surface area contributed by atoms with Crippen LogP contribution in [0.4, 0.5) is 15.2 Å². The number of halogens is 1. The van der Waals surface area contributed by atoms with Crippen LogP contribution in [0, 0.1) is 5.82 Å². The maximum atomic E-state index is 14.1. The van der Waals surface area contributed by atoms with Crippen LogP contribution >= 0.6 is 11.3 Å². The van der Waals surface area contributed by atoms with E-state index in [-0.39, 0.29) is 17.4 Å². The second-order valence-electron chi connectivity index (χ2n) is 7.84. The molecule has 162 valence electrons. The van der Waals surface area contributed by atoms with Crippen molar-refractivity contribution in [1.82, 2.24) is 19.5 Å². The highest BCUT2D eigenvalue weighted by Crippen LogP contribution is 2.26. The Morgan fingerprint density at radius 3 is 2.45 bits per heavy atom. The van der Waals surface area contributed by atoms with Gasteiger partial charge in [0.15, 0.2) is 0 Å². The maximum absolute atomic E-state index is 14.1. The van der Waals surface area contributed by atoms with E-state index >= 15 is 0 Å². The van der Waals surface area contributed by atoms with Crippen LogP contribution in [0.25, 0.3) is 4.96 Å². The van der Waals surface area contributed by atoms with Gasteiger partial charge in [-0.1, -0.05) is 23.5 Å². The van der Waals surface area contributed by atoms with Crippen LogP contribution in [0.2, 0.25) is 0 Å². The smallest absolute Gasteiger partial charge is 0.274 e. The van der Waals surface area contributed by atoms with E-state index in [1.54, 1.807) is 23.1 Å². The molecule has 4 heterocycles. The number of hydrogen-bond donors (Lipinski definition) is 0. The third-order valence-electron chi connectivity index (χ3n) is 5.85. The number of piperidine rings is 1. The van der Waals surface area contributed by atoms with Crippen LogP contribution in [-0.2, 0) is 0 Å². The summed E-state index contributed by atoms with van der Waals surface area (Å²) in [5, 5.41) is 5.41. The molecule has 0 saturated carbocycles. The number of aromatic nitrogens is 3. The van der Waals surface area contributed by atoms with Crippen molar-refractivity contribution in [1.29, 1.82) is 0 Å². The Kier molecular flexibility index (Phi) is 5.31. The first-order valence-corrected chi connectivity index (χ1v) is 11.4. The minimum Gasteiger partial charge on any atom is -0.366 e. The Balaban J connectivity index is 1.38. The summed E-state index contributed by atoms with van der Waals surface area (Å²) in [5.41, 5.74) is 0.332. The van der Waals surface area contributed by atoms with E-state index < -0.39 is 5.56 Å². The summed E-state index contributed by atoms with van der Waals surface area (Å²) in [6.07, 6.45) is 3.43. The van der Waals surface area contributed by atoms with Crippen molar-refractivity contribution in [3.8, 4) is 0 Å². The summed E-state index contributed by atoms with van der Waals surface area (Å²) in [6.45, 7) is 3.76. The summed E-state index contributed by atoms with van der Waals surface area (Å²) in [5.74, 6) is -0.518. The summed E-state index contributed by atoms with van der Waals surface area (Å²) < 4.78 is 15.6. The first-order valence-electron chi connectivity index (χ1n) is 10.5. The standard InChI is InChI=1S/C21H23FN6O2S/c22-15-6-2-3-7-16(15)25-10-12-26(13-11-25)19(30)17-14-18(29)23-20-28(17)24-21(31-20)27-8-4-1-5-9-27/h2-3,6-7,14H,1,4-5,8-13H2. The molecule has 0 N–H and O–H groups in total. The van der Waals surface area contributed by atoms with Gasteiger partial charge in [0.25, 0.3) is 11.5 Å². The molecule has 0 radical (unpaired) electrons. The van der Waals surface area contributed by atoms with E-state index in [0.717, 1.165) is 31.1 Å². The van der Waals surface area contributed by atoms with Gasteiger partial charge in [-0.3, -0.25) is 9.59 Å². The number of amides is 1. The van der Waals surface area contributed by atoms with Crippen molar-refractivity contribution in [3.63, 3.8) is 0 Å². The topological polar surface area (TPSA) is 74.0 Å². The van der Waals surface area contributed by atoms with Gasteiger partial charge in [0.1, 0.15) is 11.5 Å².